The van der Waals surface area contributed by atoms with E-state index in [2.05, 4.69) is 0 Å². The molecule has 0 aromatic heterocycles. The highest BCUT2D eigenvalue weighted by Crippen LogP contribution is 2.27. The second kappa shape index (κ2) is 5.52. The van der Waals surface area contributed by atoms with Crippen molar-refractivity contribution in [3.63, 3.8) is 0 Å². The summed E-state index contributed by atoms with van der Waals surface area (Å²) in [6.07, 6.45) is 0.0956. The molecule has 1 atom stereocenters. The Hall–Kier alpha value is -2.42. The number of amides is 1. The first-order valence-corrected chi connectivity index (χ1v) is 7.80. The lowest BCUT2D eigenvalue weighted by Gasteiger charge is -2.17. The molecule has 1 fully saturated rings. The predicted molar refractivity (Wildman–Crippen MR) is 74.3 cm³/mol. The molecule has 108 valence electrons. The van der Waals surface area contributed by atoms with Gasteiger partial charge in [0.15, 0.2) is 0 Å². The molecule has 1 aliphatic heterocycles. The summed E-state index contributed by atoms with van der Waals surface area (Å²) >= 11 is 0. The van der Waals surface area contributed by atoms with Crippen molar-refractivity contribution < 1.29 is 13.2 Å². The van der Waals surface area contributed by atoms with Gasteiger partial charge in [-0.1, -0.05) is 0 Å². The largest absolute Gasteiger partial charge is 0.312 e. The number of hydrogen-bond donors (Lipinski definition) is 1. The number of rotatable bonds is 3. The average Bonchev–Trinajstić information content (AvgIpc) is 2.76. The summed E-state index contributed by atoms with van der Waals surface area (Å²) in [4.78, 5) is 13.4. The van der Waals surface area contributed by atoms with Gasteiger partial charge in [-0.25, -0.2) is 13.6 Å². The third-order valence-corrected chi connectivity index (χ3v) is 4.16. The van der Waals surface area contributed by atoms with E-state index in [1.54, 1.807) is 6.07 Å². The molecule has 1 amide bonds. The van der Waals surface area contributed by atoms with Gasteiger partial charge < -0.3 is 4.90 Å². The maximum atomic E-state index is 12.0. The lowest BCUT2D eigenvalue weighted by molar-refractivity contribution is -0.117. The van der Waals surface area contributed by atoms with Crippen LogP contribution in [0.4, 0.5) is 5.69 Å². The van der Waals surface area contributed by atoms with E-state index in [1.807, 2.05) is 12.1 Å². The van der Waals surface area contributed by atoms with Gasteiger partial charge in [-0.05, 0) is 18.2 Å². The van der Waals surface area contributed by atoms with Crippen molar-refractivity contribution in [3.8, 4) is 12.1 Å². The van der Waals surface area contributed by atoms with E-state index in [4.69, 9.17) is 15.7 Å². The first-order valence-electron chi connectivity index (χ1n) is 6.09. The molecular formula is C13H12N4O3S. The lowest BCUT2D eigenvalue weighted by atomic mass is 10.1. The van der Waals surface area contributed by atoms with Crippen molar-refractivity contribution in [1.29, 1.82) is 10.5 Å². The van der Waals surface area contributed by atoms with Crippen molar-refractivity contribution >= 4 is 21.6 Å². The Kier molecular flexibility index (Phi) is 3.94. The Balaban J connectivity index is 2.26. The quantitative estimate of drug-likeness (QED) is 0.845. The van der Waals surface area contributed by atoms with Crippen LogP contribution in [0.2, 0.25) is 0 Å². The number of carbonyl (C=O) groups is 1. The van der Waals surface area contributed by atoms with Crippen LogP contribution in [0.15, 0.2) is 18.2 Å². The third-order valence-electron chi connectivity index (χ3n) is 3.23. The van der Waals surface area contributed by atoms with Crippen LogP contribution < -0.4 is 10.0 Å². The molecule has 1 aliphatic rings. The number of anilines is 1. The number of sulfonamides is 1. The first-order chi connectivity index (χ1) is 9.84. The SMILES string of the molecule is N#Cc1ccc(N2CC(CS(N)(=O)=O)CC2=O)cc1C#N. The molecule has 1 heterocycles. The molecule has 7 nitrogen and oxygen atoms in total. The van der Waals surface area contributed by atoms with Crippen molar-refractivity contribution in [2.45, 2.75) is 6.42 Å². The lowest BCUT2D eigenvalue weighted by Crippen LogP contribution is -2.27. The fraction of sp³-hybridized carbons (Fsp3) is 0.308. The van der Waals surface area contributed by atoms with Crippen molar-refractivity contribution in [2.24, 2.45) is 11.1 Å². The van der Waals surface area contributed by atoms with Gasteiger partial charge in [-0.2, -0.15) is 10.5 Å². The van der Waals surface area contributed by atoms with Crippen LogP contribution >= 0.6 is 0 Å². The van der Waals surface area contributed by atoms with Gasteiger partial charge in [0.2, 0.25) is 15.9 Å². The Morgan fingerprint density at radius 3 is 2.52 bits per heavy atom. The Labute approximate surface area is 122 Å². The molecule has 1 saturated heterocycles. The van der Waals surface area contributed by atoms with Crippen LogP contribution in [0.25, 0.3) is 0 Å². The summed E-state index contributed by atoms with van der Waals surface area (Å²) in [5.41, 5.74) is 0.888. The molecule has 8 heteroatoms. The van der Waals surface area contributed by atoms with E-state index in [1.165, 1.54) is 17.0 Å². The summed E-state index contributed by atoms with van der Waals surface area (Å²) in [7, 11) is -3.63. The molecule has 0 bridgehead atoms. The van der Waals surface area contributed by atoms with E-state index >= 15 is 0 Å². The molecule has 21 heavy (non-hydrogen) atoms. The zero-order valence-corrected chi connectivity index (χ0v) is 11.8. The summed E-state index contributed by atoms with van der Waals surface area (Å²) in [6.45, 7) is 0.228. The minimum absolute atomic E-state index is 0.0956. The molecule has 1 aromatic rings. The molecule has 0 aliphatic carbocycles. The normalized spacial score (nSPS) is 18.3. The molecule has 2 rings (SSSR count). The van der Waals surface area contributed by atoms with E-state index in [-0.39, 0.29) is 41.7 Å². The fourth-order valence-corrected chi connectivity index (χ4v) is 3.24. The van der Waals surface area contributed by atoms with Crippen LogP contribution in [0.3, 0.4) is 0 Å². The van der Waals surface area contributed by atoms with Gasteiger partial charge in [0.25, 0.3) is 0 Å². The molecule has 1 unspecified atom stereocenters. The number of nitrogens with two attached hydrogens (primary N) is 1. The fourth-order valence-electron chi connectivity index (χ4n) is 2.36. The molecule has 0 radical (unpaired) electrons. The zero-order valence-electron chi connectivity index (χ0n) is 11.0. The number of primary sulfonamides is 1. The highest BCUT2D eigenvalue weighted by atomic mass is 32.2. The van der Waals surface area contributed by atoms with E-state index in [9.17, 15) is 13.2 Å². The van der Waals surface area contributed by atoms with E-state index in [0.29, 0.717) is 5.69 Å². The minimum atomic E-state index is -3.63. The first kappa shape index (κ1) is 15.0. The summed E-state index contributed by atoms with van der Waals surface area (Å²) < 4.78 is 22.2. The van der Waals surface area contributed by atoms with Gasteiger partial charge in [-0.3, -0.25) is 4.79 Å². The minimum Gasteiger partial charge on any atom is -0.312 e. The van der Waals surface area contributed by atoms with E-state index in [0.717, 1.165) is 0 Å². The summed E-state index contributed by atoms with van der Waals surface area (Å²) in [5.74, 6) is -0.845. The monoisotopic (exact) mass is 304 g/mol. The van der Waals surface area contributed by atoms with Crippen LogP contribution in [0.1, 0.15) is 17.5 Å². The van der Waals surface area contributed by atoms with Crippen molar-refractivity contribution in [3.05, 3.63) is 29.3 Å². The van der Waals surface area contributed by atoms with Gasteiger partial charge in [0.05, 0.1) is 16.9 Å². The molecule has 1 aromatic carbocycles. The number of benzene rings is 1. The van der Waals surface area contributed by atoms with Crippen LogP contribution in [0, 0.1) is 28.6 Å². The molecule has 0 saturated carbocycles. The zero-order chi connectivity index (χ0) is 15.6. The molecule has 2 N–H and O–H groups in total. The highest BCUT2D eigenvalue weighted by Gasteiger charge is 2.33. The Bertz CT molecular complexity index is 774. The van der Waals surface area contributed by atoms with Gasteiger partial charge in [0.1, 0.15) is 12.1 Å². The molecular weight excluding hydrogens is 292 g/mol. The third kappa shape index (κ3) is 3.37. The van der Waals surface area contributed by atoms with Crippen LogP contribution in [-0.4, -0.2) is 26.6 Å². The summed E-state index contributed by atoms with van der Waals surface area (Å²) in [6, 6.07) is 8.28. The number of nitriles is 2. The second-order valence-corrected chi connectivity index (χ2v) is 6.52. The maximum Gasteiger partial charge on any atom is 0.227 e. The van der Waals surface area contributed by atoms with Crippen LogP contribution in [-0.2, 0) is 14.8 Å². The van der Waals surface area contributed by atoms with Gasteiger partial charge in [0, 0.05) is 24.6 Å². The molecule has 0 spiro atoms. The second-order valence-electron chi connectivity index (χ2n) is 4.86. The van der Waals surface area contributed by atoms with Gasteiger partial charge >= 0.3 is 0 Å². The highest BCUT2D eigenvalue weighted by molar-refractivity contribution is 7.89. The maximum absolute atomic E-state index is 12.0. The predicted octanol–water partition coefficient (Wildman–Crippen LogP) is 0.0714. The van der Waals surface area contributed by atoms with Gasteiger partial charge in [-0.15, -0.1) is 0 Å². The Morgan fingerprint density at radius 2 is 1.95 bits per heavy atom. The number of carbonyl (C=O) groups excluding carboxylic acids is 1. The number of hydrogen-bond acceptors (Lipinski definition) is 5. The smallest absolute Gasteiger partial charge is 0.227 e. The van der Waals surface area contributed by atoms with Crippen molar-refractivity contribution in [1.82, 2.24) is 0 Å². The number of nitrogens with zero attached hydrogens (tertiary/aromatic N) is 3. The summed E-state index contributed by atoms with van der Waals surface area (Å²) in [5, 5.41) is 22.8. The topological polar surface area (TPSA) is 128 Å². The Morgan fingerprint density at radius 1 is 1.29 bits per heavy atom. The average molecular weight is 304 g/mol. The van der Waals surface area contributed by atoms with Crippen molar-refractivity contribution in [2.75, 3.05) is 17.2 Å². The van der Waals surface area contributed by atoms with E-state index < -0.39 is 10.0 Å². The van der Waals surface area contributed by atoms with Crippen LogP contribution in [0.5, 0.6) is 0 Å². The standard InChI is InChI=1S/C13H12N4O3S/c14-5-10-1-2-12(4-11(10)6-15)17-7-9(3-13(17)18)8-21(16,19)20/h1-2,4,9H,3,7-8H2,(H2,16,19,20).